The number of nitrogens with one attached hydrogen (secondary N) is 2. The summed E-state index contributed by atoms with van der Waals surface area (Å²) in [6, 6.07) is 5.53. The quantitative estimate of drug-likeness (QED) is 0.709. The van der Waals surface area contributed by atoms with Crippen molar-refractivity contribution in [1.82, 2.24) is 10.2 Å². The Morgan fingerprint density at radius 1 is 1.35 bits per heavy atom. The van der Waals surface area contributed by atoms with Crippen LogP contribution in [0.5, 0.6) is 0 Å². The third kappa shape index (κ3) is 1.37. The first-order valence-electron chi connectivity index (χ1n) is 5.94. The zero-order valence-electron chi connectivity index (χ0n) is 9.26. The van der Waals surface area contributed by atoms with E-state index < -0.39 is 0 Å². The van der Waals surface area contributed by atoms with Crippen LogP contribution in [-0.2, 0) is 6.42 Å². The molecular formula is C13H12FN3. The smallest absolute Gasteiger partial charge is 0.152 e. The number of halogens is 1. The highest BCUT2D eigenvalue weighted by Crippen LogP contribution is 2.39. The zero-order chi connectivity index (χ0) is 11.4. The molecule has 3 nitrogen and oxygen atoms in total. The number of fused-ring (bicyclic) bond motifs is 3. The fourth-order valence-electron chi connectivity index (χ4n) is 2.44. The van der Waals surface area contributed by atoms with E-state index in [1.165, 1.54) is 24.5 Å². The number of benzene rings is 1. The molecule has 0 spiro atoms. The molecule has 4 heteroatoms. The van der Waals surface area contributed by atoms with Crippen molar-refractivity contribution in [3.63, 3.8) is 0 Å². The van der Waals surface area contributed by atoms with E-state index in [1.54, 1.807) is 6.07 Å². The molecule has 0 saturated heterocycles. The second kappa shape index (κ2) is 3.09. The van der Waals surface area contributed by atoms with Crippen LogP contribution in [-0.4, -0.2) is 16.2 Å². The van der Waals surface area contributed by atoms with Crippen molar-refractivity contribution in [2.75, 3.05) is 5.32 Å². The molecule has 86 valence electrons. The van der Waals surface area contributed by atoms with E-state index in [0.29, 0.717) is 6.04 Å². The molecule has 1 aromatic carbocycles. The van der Waals surface area contributed by atoms with E-state index in [4.69, 9.17) is 0 Å². The van der Waals surface area contributed by atoms with Gasteiger partial charge in [-0.2, -0.15) is 5.10 Å². The van der Waals surface area contributed by atoms with Crippen LogP contribution >= 0.6 is 0 Å². The highest BCUT2D eigenvalue weighted by atomic mass is 19.1. The summed E-state index contributed by atoms with van der Waals surface area (Å²) in [5, 5.41) is 10.8. The number of hydrogen-bond acceptors (Lipinski definition) is 2. The number of rotatable bonds is 2. The maximum absolute atomic E-state index is 13.2. The average Bonchev–Trinajstić information content (AvgIpc) is 2.93. The highest BCUT2D eigenvalue weighted by Gasteiger charge is 2.28. The molecule has 2 aliphatic carbocycles. The Labute approximate surface area is 98.0 Å². The van der Waals surface area contributed by atoms with Crippen LogP contribution in [0.15, 0.2) is 18.2 Å². The van der Waals surface area contributed by atoms with Crippen molar-refractivity contribution in [2.24, 2.45) is 0 Å². The van der Waals surface area contributed by atoms with Crippen molar-refractivity contribution in [2.45, 2.75) is 25.3 Å². The van der Waals surface area contributed by atoms with E-state index in [1.807, 2.05) is 6.07 Å². The lowest BCUT2D eigenvalue weighted by Crippen LogP contribution is -2.03. The van der Waals surface area contributed by atoms with Crippen LogP contribution in [0.3, 0.4) is 0 Å². The summed E-state index contributed by atoms with van der Waals surface area (Å²) in [5.41, 5.74) is 4.35. The van der Waals surface area contributed by atoms with Crippen LogP contribution in [0, 0.1) is 5.82 Å². The van der Waals surface area contributed by atoms with Gasteiger partial charge < -0.3 is 5.32 Å². The summed E-state index contributed by atoms with van der Waals surface area (Å²) in [4.78, 5) is 0. The summed E-state index contributed by atoms with van der Waals surface area (Å²) < 4.78 is 13.2. The van der Waals surface area contributed by atoms with Crippen molar-refractivity contribution >= 4 is 5.82 Å². The SMILES string of the molecule is Fc1ccc2c(c1)Cc1c(NC3CC3)n[nH]c1-2. The molecule has 1 heterocycles. The molecule has 2 N–H and O–H groups in total. The van der Waals surface area contributed by atoms with E-state index in [2.05, 4.69) is 15.5 Å². The minimum Gasteiger partial charge on any atom is -0.366 e. The minimum atomic E-state index is -0.168. The van der Waals surface area contributed by atoms with Gasteiger partial charge in [-0.15, -0.1) is 0 Å². The molecule has 0 radical (unpaired) electrons. The predicted octanol–water partition coefficient (Wildman–Crippen LogP) is 2.69. The molecule has 1 fully saturated rings. The van der Waals surface area contributed by atoms with Crippen LogP contribution < -0.4 is 5.32 Å². The number of aromatic nitrogens is 2. The van der Waals surface area contributed by atoms with Crippen LogP contribution in [0.25, 0.3) is 11.3 Å². The second-order valence-corrected chi connectivity index (χ2v) is 4.82. The summed E-state index contributed by atoms with van der Waals surface area (Å²) in [6.07, 6.45) is 3.22. The van der Waals surface area contributed by atoms with E-state index in [0.717, 1.165) is 29.1 Å². The van der Waals surface area contributed by atoms with Crippen LogP contribution in [0.2, 0.25) is 0 Å². The van der Waals surface area contributed by atoms with Gasteiger partial charge >= 0.3 is 0 Å². The van der Waals surface area contributed by atoms with Gasteiger partial charge in [0.05, 0.1) is 5.69 Å². The normalized spacial score (nSPS) is 16.8. The largest absolute Gasteiger partial charge is 0.366 e. The van der Waals surface area contributed by atoms with E-state index in [-0.39, 0.29) is 5.82 Å². The lowest BCUT2D eigenvalue weighted by Gasteiger charge is -2.01. The molecule has 4 rings (SSSR count). The number of aromatic amines is 1. The second-order valence-electron chi connectivity index (χ2n) is 4.82. The van der Waals surface area contributed by atoms with Gasteiger partial charge in [-0.1, -0.05) is 0 Å². The van der Waals surface area contributed by atoms with Gasteiger partial charge in [-0.3, -0.25) is 5.10 Å². The van der Waals surface area contributed by atoms with Crippen LogP contribution in [0.1, 0.15) is 24.0 Å². The maximum atomic E-state index is 13.2. The number of nitrogens with zero attached hydrogens (tertiary/aromatic N) is 1. The van der Waals surface area contributed by atoms with Gasteiger partial charge in [0.1, 0.15) is 5.82 Å². The lowest BCUT2D eigenvalue weighted by atomic mass is 10.1. The summed E-state index contributed by atoms with van der Waals surface area (Å²) in [6.45, 7) is 0. The van der Waals surface area contributed by atoms with Gasteiger partial charge in [0.2, 0.25) is 0 Å². The third-order valence-corrected chi connectivity index (χ3v) is 3.49. The van der Waals surface area contributed by atoms with Gasteiger partial charge in [0, 0.05) is 23.6 Å². The lowest BCUT2D eigenvalue weighted by molar-refractivity contribution is 0.626. The van der Waals surface area contributed by atoms with Crippen molar-refractivity contribution in [3.8, 4) is 11.3 Å². The average molecular weight is 229 g/mol. The number of anilines is 1. The first kappa shape index (κ1) is 9.22. The van der Waals surface area contributed by atoms with Gasteiger partial charge in [0.15, 0.2) is 5.82 Å². The summed E-state index contributed by atoms with van der Waals surface area (Å²) >= 11 is 0. The first-order chi connectivity index (χ1) is 8.31. The number of H-pyrrole nitrogens is 1. The van der Waals surface area contributed by atoms with Gasteiger partial charge in [-0.25, -0.2) is 4.39 Å². The first-order valence-corrected chi connectivity index (χ1v) is 5.94. The summed E-state index contributed by atoms with van der Waals surface area (Å²) in [7, 11) is 0. The molecule has 0 atom stereocenters. The summed E-state index contributed by atoms with van der Waals surface area (Å²) in [5.74, 6) is 0.776. The van der Waals surface area contributed by atoms with Crippen molar-refractivity contribution in [1.29, 1.82) is 0 Å². The van der Waals surface area contributed by atoms with Gasteiger partial charge in [0.25, 0.3) is 0 Å². The molecule has 17 heavy (non-hydrogen) atoms. The Hall–Kier alpha value is -1.84. The number of hydrogen-bond donors (Lipinski definition) is 2. The minimum absolute atomic E-state index is 0.168. The predicted molar refractivity (Wildman–Crippen MR) is 63.4 cm³/mol. The Kier molecular flexibility index (Phi) is 1.68. The third-order valence-electron chi connectivity index (χ3n) is 3.49. The molecule has 2 aromatic rings. The van der Waals surface area contributed by atoms with E-state index in [9.17, 15) is 4.39 Å². The fraction of sp³-hybridized carbons (Fsp3) is 0.308. The zero-order valence-corrected chi connectivity index (χ0v) is 9.26. The molecule has 0 aliphatic heterocycles. The highest BCUT2D eigenvalue weighted by molar-refractivity contribution is 5.78. The standard InChI is InChI=1S/C13H12FN3/c14-8-1-4-10-7(5-8)6-11-12(10)16-17-13(11)15-9-2-3-9/h1,4-5,9H,2-3,6H2,(H2,15,16,17). The molecule has 2 aliphatic rings. The Balaban J connectivity index is 1.78. The molecule has 0 unspecified atom stereocenters. The topological polar surface area (TPSA) is 40.7 Å². The Morgan fingerprint density at radius 2 is 2.24 bits per heavy atom. The molecular weight excluding hydrogens is 217 g/mol. The Morgan fingerprint density at radius 3 is 3.06 bits per heavy atom. The van der Waals surface area contributed by atoms with Crippen molar-refractivity contribution < 1.29 is 4.39 Å². The maximum Gasteiger partial charge on any atom is 0.152 e. The van der Waals surface area contributed by atoms with E-state index >= 15 is 0 Å². The van der Waals surface area contributed by atoms with Gasteiger partial charge in [-0.05, 0) is 36.6 Å². The Bertz CT molecular complexity index is 599. The molecule has 0 amide bonds. The molecule has 1 saturated carbocycles. The monoisotopic (exact) mass is 229 g/mol. The fourth-order valence-corrected chi connectivity index (χ4v) is 2.44. The van der Waals surface area contributed by atoms with Crippen molar-refractivity contribution in [3.05, 3.63) is 35.1 Å². The molecule has 1 aromatic heterocycles. The molecule has 0 bridgehead atoms. The van der Waals surface area contributed by atoms with Crippen LogP contribution in [0.4, 0.5) is 10.2 Å².